The monoisotopic (exact) mass is 329 g/mol. The van der Waals surface area contributed by atoms with Crippen molar-refractivity contribution in [3.05, 3.63) is 35.4 Å². The van der Waals surface area contributed by atoms with Crippen LogP contribution in [0.15, 0.2) is 24.3 Å². The van der Waals surface area contributed by atoms with Gasteiger partial charge in [0.25, 0.3) is 0 Å². The van der Waals surface area contributed by atoms with E-state index < -0.39 is 5.60 Å². The van der Waals surface area contributed by atoms with E-state index in [1.807, 2.05) is 11.8 Å². The first kappa shape index (κ1) is 17.5. The molecule has 0 atom stereocenters. The van der Waals surface area contributed by atoms with Crippen molar-refractivity contribution in [2.24, 2.45) is 5.92 Å². The second-order valence-electron chi connectivity index (χ2n) is 9.08. The van der Waals surface area contributed by atoms with Gasteiger partial charge in [-0.15, -0.1) is 0 Å². The van der Waals surface area contributed by atoms with E-state index in [-0.39, 0.29) is 17.2 Å². The number of hydrogen-bond donors (Lipinski definition) is 1. The normalized spacial score (nSPS) is 28.5. The lowest BCUT2D eigenvalue weighted by molar-refractivity contribution is -0.150. The summed E-state index contributed by atoms with van der Waals surface area (Å²) in [7, 11) is 0. The summed E-state index contributed by atoms with van der Waals surface area (Å²) in [5, 5.41) is 9.84. The molecule has 1 heterocycles. The first-order chi connectivity index (χ1) is 11.2. The molecule has 1 aliphatic heterocycles. The summed E-state index contributed by atoms with van der Waals surface area (Å²) in [6.45, 7) is 10.3. The van der Waals surface area contributed by atoms with Gasteiger partial charge in [0.2, 0.25) is 5.91 Å². The molecule has 1 N–H and O–H groups in total. The maximum atomic E-state index is 12.5. The summed E-state index contributed by atoms with van der Waals surface area (Å²) in [5.41, 5.74) is 2.36. The molecule has 132 valence electrons. The summed E-state index contributed by atoms with van der Waals surface area (Å²) in [4.78, 5) is 14.5. The zero-order valence-electron chi connectivity index (χ0n) is 15.5. The van der Waals surface area contributed by atoms with Crippen LogP contribution in [-0.2, 0) is 10.2 Å². The molecule has 1 saturated carbocycles. The predicted octanol–water partition coefficient (Wildman–Crippen LogP) is 3.85. The summed E-state index contributed by atoms with van der Waals surface area (Å²) in [5.74, 6) is 0.852. The second kappa shape index (κ2) is 6.18. The van der Waals surface area contributed by atoms with Crippen LogP contribution in [0.25, 0.3) is 0 Å². The smallest absolute Gasteiger partial charge is 0.225 e. The van der Waals surface area contributed by atoms with Crippen LogP contribution in [0.4, 0.5) is 0 Å². The molecule has 0 radical (unpaired) electrons. The Balaban J connectivity index is 1.58. The molecule has 2 fully saturated rings. The first-order valence-corrected chi connectivity index (χ1v) is 9.27. The maximum Gasteiger partial charge on any atom is 0.225 e. The van der Waals surface area contributed by atoms with Crippen molar-refractivity contribution in [3.8, 4) is 0 Å². The van der Waals surface area contributed by atoms with Crippen LogP contribution in [-0.4, -0.2) is 34.6 Å². The second-order valence-corrected chi connectivity index (χ2v) is 9.08. The van der Waals surface area contributed by atoms with Gasteiger partial charge in [-0.05, 0) is 55.1 Å². The van der Waals surface area contributed by atoms with Crippen LogP contribution in [0.3, 0.4) is 0 Å². The van der Waals surface area contributed by atoms with Gasteiger partial charge in [0.15, 0.2) is 0 Å². The first-order valence-electron chi connectivity index (χ1n) is 9.27. The summed E-state index contributed by atoms with van der Waals surface area (Å²) in [6, 6.07) is 8.97. The minimum absolute atomic E-state index is 0.0424. The summed E-state index contributed by atoms with van der Waals surface area (Å²) >= 11 is 0. The molecule has 3 rings (SSSR count). The predicted molar refractivity (Wildman–Crippen MR) is 97.0 cm³/mol. The van der Waals surface area contributed by atoms with E-state index >= 15 is 0 Å². The number of aliphatic hydroxyl groups is 1. The third kappa shape index (κ3) is 3.66. The third-order valence-corrected chi connectivity index (χ3v) is 5.75. The number of rotatable bonds is 2. The molecule has 0 aromatic heterocycles. The number of carbonyl (C=O) groups is 1. The van der Waals surface area contributed by atoms with Crippen molar-refractivity contribution in [2.75, 3.05) is 13.1 Å². The number of carbonyl (C=O) groups excluding carboxylic acids is 1. The summed E-state index contributed by atoms with van der Waals surface area (Å²) in [6.07, 6.45) is 3.34. The Morgan fingerprint density at radius 1 is 1.21 bits per heavy atom. The highest BCUT2D eigenvalue weighted by Gasteiger charge is 2.44. The Kier molecular flexibility index (Phi) is 4.50. The van der Waals surface area contributed by atoms with E-state index in [2.05, 4.69) is 45.0 Å². The van der Waals surface area contributed by atoms with Gasteiger partial charge in [-0.25, -0.2) is 0 Å². The number of nitrogens with zero attached hydrogens (tertiary/aromatic N) is 1. The third-order valence-electron chi connectivity index (χ3n) is 5.75. The lowest BCUT2D eigenvalue weighted by atomic mass is 9.71. The van der Waals surface area contributed by atoms with Crippen LogP contribution >= 0.6 is 0 Å². The number of piperidine rings is 1. The zero-order valence-corrected chi connectivity index (χ0v) is 15.5. The minimum Gasteiger partial charge on any atom is -0.390 e. The molecule has 0 spiro atoms. The van der Waals surface area contributed by atoms with Gasteiger partial charge in [-0.3, -0.25) is 4.79 Å². The highest BCUT2D eigenvalue weighted by molar-refractivity contribution is 5.80. The molecular formula is C21H31NO2. The van der Waals surface area contributed by atoms with E-state index in [0.717, 1.165) is 25.9 Å². The number of hydrogen-bond acceptors (Lipinski definition) is 2. The molecule has 0 unspecified atom stereocenters. The molecule has 3 heteroatoms. The molecule has 1 aromatic carbocycles. The highest BCUT2D eigenvalue weighted by Crippen LogP contribution is 2.39. The molecule has 24 heavy (non-hydrogen) atoms. The van der Waals surface area contributed by atoms with Crippen LogP contribution in [0.5, 0.6) is 0 Å². The SMILES string of the molecule is CC(C)(C)c1cccc(C2CCN(C(=O)[C@H]3C[C@@](C)(O)C3)CC2)c1. The van der Waals surface area contributed by atoms with Gasteiger partial charge in [0.05, 0.1) is 5.60 Å². The van der Waals surface area contributed by atoms with E-state index in [1.165, 1.54) is 11.1 Å². The Bertz CT molecular complexity index is 599. The molecule has 0 bridgehead atoms. The van der Waals surface area contributed by atoms with Gasteiger partial charge in [-0.1, -0.05) is 45.0 Å². The lowest BCUT2D eigenvalue weighted by Gasteiger charge is -2.43. The van der Waals surface area contributed by atoms with Crippen LogP contribution < -0.4 is 0 Å². The molecule has 1 aromatic rings. The van der Waals surface area contributed by atoms with Crippen molar-refractivity contribution in [1.82, 2.24) is 4.90 Å². The van der Waals surface area contributed by atoms with Crippen molar-refractivity contribution in [1.29, 1.82) is 0 Å². The van der Waals surface area contributed by atoms with Crippen molar-refractivity contribution in [3.63, 3.8) is 0 Å². The Morgan fingerprint density at radius 2 is 1.83 bits per heavy atom. The lowest BCUT2D eigenvalue weighted by Crippen LogP contribution is -2.51. The van der Waals surface area contributed by atoms with Crippen LogP contribution in [0.1, 0.15) is 70.4 Å². The van der Waals surface area contributed by atoms with Gasteiger partial charge in [0, 0.05) is 19.0 Å². The molecule has 3 nitrogen and oxygen atoms in total. The largest absolute Gasteiger partial charge is 0.390 e. The minimum atomic E-state index is -0.619. The molecule has 2 aliphatic rings. The number of likely N-dealkylation sites (tertiary alicyclic amines) is 1. The topological polar surface area (TPSA) is 40.5 Å². The van der Waals surface area contributed by atoms with Crippen LogP contribution in [0, 0.1) is 5.92 Å². The quantitative estimate of drug-likeness (QED) is 0.895. The van der Waals surface area contributed by atoms with Crippen molar-refractivity contribution >= 4 is 5.91 Å². The molecule has 1 saturated heterocycles. The fourth-order valence-corrected chi connectivity index (χ4v) is 4.13. The number of amides is 1. The van der Waals surface area contributed by atoms with Crippen molar-refractivity contribution in [2.45, 2.75) is 70.3 Å². The average Bonchev–Trinajstić information content (AvgIpc) is 2.51. The standard InChI is InChI=1S/C21H31NO2/c1-20(2,3)18-7-5-6-16(12-18)15-8-10-22(11-9-15)19(23)17-13-21(4,24)14-17/h5-7,12,15,17,24H,8-11,13-14H2,1-4H3/t17-,21+. The fourth-order valence-electron chi connectivity index (χ4n) is 4.13. The van der Waals surface area contributed by atoms with E-state index in [0.29, 0.717) is 18.8 Å². The highest BCUT2D eigenvalue weighted by atomic mass is 16.3. The fraction of sp³-hybridized carbons (Fsp3) is 0.667. The van der Waals surface area contributed by atoms with E-state index in [4.69, 9.17) is 0 Å². The van der Waals surface area contributed by atoms with Crippen LogP contribution in [0.2, 0.25) is 0 Å². The maximum absolute atomic E-state index is 12.5. The van der Waals surface area contributed by atoms with Gasteiger partial charge in [-0.2, -0.15) is 0 Å². The number of benzene rings is 1. The summed E-state index contributed by atoms with van der Waals surface area (Å²) < 4.78 is 0. The Morgan fingerprint density at radius 3 is 2.38 bits per heavy atom. The van der Waals surface area contributed by atoms with Gasteiger partial charge < -0.3 is 10.0 Å². The Labute approximate surface area is 146 Å². The van der Waals surface area contributed by atoms with E-state index in [9.17, 15) is 9.90 Å². The molecule has 1 aliphatic carbocycles. The van der Waals surface area contributed by atoms with Gasteiger partial charge in [0.1, 0.15) is 0 Å². The molecular weight excluding hydrogens is 298 g/mol. The van der Waals surface area contributed by atoms with Gasteiger partial charge >= 0.3 is 0 Å². The average molecular weight is 329 g/mol. The zero-order chi connectivity index (χ0) is 17.5. The Hall–Kier alpha value is -1.35. The van der Waals surface area contributed by atoms with Crippen molar-refractivity contribution < 1.29 is 9.90 Å². The van der Waals surface area contributed by atoms with E-state index in [1.54, 1.807) is 0 Å². The molecule has 1 amide bonds.